The number of nitrogens with one attached hydrogen (secondary N) is 2. The molecule has 4 rings (SSSR count). The van der Waals surface area contributed by atoms with Gasteiger partial charge in [0.2, 0.25) is 0 Å². The number of hydrogen-bond donors (Lipinski definition) is 2. The van der Waals surface area contributed by atoms with Gasteiger partial charge in [-0.15, -0.1) is 11.8 Å². The quantitative estimate of drug-likeness (QED) is 0.337. The third-order valence-electron chi connectivity index (χ3n) is 4.64. The number of amides is 2. The summed E-state index contributed by atoms with van der Waals surface area (Å²) in [6.07, 6.45) is 1.60. The standard InChI is InChI=1S/C22H19N5O4S/c1-13-17(14(2)30-26-13)12-32-22-16(9-6-10-23-22)20(28)24-25-21(29)18-11-19(31-27-18)15-7-4-3-5-8-15/h3-11H,12H2,1-2H3,(H,24,28)(H,25,29). The van der Waals surface area contributed by atoms with Gasteiger partial charge in [0.15, 0.2) is 11.5 Å². The first-order valence-corrected chi connectivity index (χ1v) is 10.6. The van der Waals surface area contributed by atoms with Gasteiger partial charge < -0.3 is 9.05 Å². The number of aromatic nitrogens is 3. The van der Waals surface area contributed by atoms with Crippen LogP contribution < -0.4 is 10.9 Å². The van der Waals surface area contributed by atoms with Gasteiger partial charge in [0.1, 0.15) is 10.8 Å². The van der Waals surface area contributed by atoms with Crippen LogP contribution in [0.15, 0.2) is 68.8 Å². The van der Waals surface area contributed by atoms with Crippen molar-refractivity contribution in [3.8, 4) is 11.3 Å². The Morgan fingerprint density at radius 1 is 0.969 bits per heavy atom. The molecule has 162 valence electrons. The Labute approximate surface area is 187 Å². The lowest BCUT2D eigenvalue weighted by atomic mass is 10.1. The summed E-state index contributed by atoms with van der Waals surface area (Å²) >= 11 is 1.38. The van der Waals surface area contributed by atoms with Crippen molar-refractivity contribution in [2.45, 2.75) is 24.6 Å². The number of thioether (sulfide) groups is 1. The molecular weight excluding hydrogens is 430 g/mol. The van der Waals surface area contributed by atoms with Crippen LogP contribution in [-0.2, 0) is 5.75 Å². The first-order valence-electron chi connectivity index (χ1n) is 9.65. The average Bonchev–Trinajstić information content (AvgIpc) is 3.44. The predicted octanol–water partition coefficient (Wildman–Crippen LogP) is 3.71. The minimum Gasteiger partial charge on any atom is -0.361 e. The summed E-state index contributed by atoms with van der Waals surface area (Å²) in [5.74, 6) is 0.628. The van der Waals surface area contributed by atoms with Gasteiger partial charge >= 0.3 is 0 Å². The van der Waals surface area contributed by atoms with Crippen LogP contribution in [-0.4, -0.2) is 27.1 Å². The number of rotatable bonds is 6. The monoisotopic (exact) mass is 449 g/mol. The predicted molar refractivity (Wildman–Crippen MR) is 117 cm³/mol. The lowest BCUT2D eigenvalue weighted by Gasteiger charge is -2.09. The molecule has 0 fully saturated rings. The zero-order chi connectivity index (χ0) is 22.5. The summed E-state index contributed by atoms with van der Waals surface area (Å²) in [6, 6.07) is 14.1. The van der Waals surface area contributed by atoms with E-state index in [4.69, 9.17) is 9.05 Å². The number of aryl methyl sites for hydroxylation is 2. The zero-order valence-corrected chi connectivity index (χ0v) is 18.1. The van der Waals surface area contributed by atoms with Crippen molar-refractivity contribution < 1.29 is 18.6 Å². The van der Waals surface area contributed by atoms with Crippen LogP contribution in [0.5, 0.6) is 0 Å². The van der Waals surface area contributed by atoms with Crippen molar-refractivity contribution in [2.75, 3.05) is 0 Å². The number of nitrogens with zero attached hydrogens (tertiary/aromatic N) is 3. The molecule has 2 amide bonds. The van der Waals surface area contributed by atoms with Crippen molar-refractivity contribution >= 4 is 23.6 Å². The number of benzene rings is 1. The van der Waals surface area contributed by atoms with Gasteiger partial charge in [-0.3, -0.25) is 20.4 Å². The van der Waals surface area contributed by atoms with Crippen LogP contribution >= 0.6 is 11.8 Å². The molecule has 3 aromatic heterocycles. The second-order valence-corrected chi connectivity index (χ2v) is 7.76. The van der Waals surface area contributed by atoms with Crippen molar-refractivity contribution in [3.63, 3.8) is 0 Å². The molecule has 0 unspecified atom stereocenters. The van der Waals surface area contributed by atoms with Crippen molar-refractivity contribution in [1.29, 1.82) is 0 Å². The number of carbonyl (C=O) groups is 2. The summed E-state index contributed by atoms with van der Waals surface area (Å²) < 4.78 is 10.4. The highest BCUT2D eigenvalue weighted by atomic mass is 32.2. The van der Waals surface area contributed by atoms with E-state index in [9.17, 15) is 9.59 Å². The first kappa shape index (κ1) is 21.3. The summed E-state index contributed by atoms with van der Waals surface area (Å²) in [5, 5.41) is 8.22. The third-order valence-corrected chi connectivity index (χ3v) is 5.67. The largest absolute Gasteiger partial charge is 0.361 e. The maximum absolute atomic E-state index is 12.7. The van der Waals surface area contributed by atoms with E-state index in [0.29, 0.717) is 22.1 Å². The van der Waals surface area contributed by atoms with E-state index < -0.39 is 11.8 Å². The van der Waals surface area contributed by atoms with Gasteiger partial charge in [-0.2, -0.15) is 0 Å². The molecule has 0 spiro atoms. The van der Waals surface area contributed by atoms with Crippen molar-refractivity contribution in [1.82, 2.24) is 26.1 Å². The van der Waals surface area contributed by atoms with Gasteiger partial charge in [-0.1, -0.05) is 40.6 Å². The Morgan fingerprint density at radius 2 is 1.75 bits per heavy atom. The molecule has 0 aliphatic heterocycles. The second-order valence-electron chi connectivity index (χ2n) is 6.80. The smallest absolute Gasteiger partial charge is 0.291 e. The van der Waals surface area contributed by atoms with E-state index in [1.54, 1.807) is 18.3 Å². The van der Waals surface area contributed by atoms with Crippen LogP contribution in [0.3, 0.4) is 0 Å². The average molecular weight is 449 g/mol. The van der Waals surface area contributed by atoms with Crippen LogP contribution in [0.2, 0.25) is 0 Å². The number of hydrogen-bond acceptors (Lipinski definition) is 8. The molecule has 10 heteroatoms. The second kappa shape index (κ2) is 9.48. The highest BCUT2D eigenvalue weighted by Gasteiger charge is 2.18. The van der Waals surface area contributed by atoms with Crippen molar-refractivity contribution in [2.24, 2.45) is 0 Å². The highest BCUT2D eigenvalue weighted by Crippen LogP contribution is 2.27. The van der Waals surface area contributed by atoms with E-state index >= 15 is 0 Å². The van der Waals surface area contributed by atoms with Crippen LogP contribution in [0, 0.1) is 13.8 Å². The molecular formula is C22H19N5O4S. The number of hydrazine groups is 1. The first-order chi connectivity index (χ1) is 15.5. The Morgan fingerprint density at radius 3 is 2.50 bits per heavy atom. The van der Waals surface area contributed by atoms with Crippen LogP contribution in [0.1, 0.15) is 37.9 Å². The fourth-order valence-corrected chi connectivity index (χ4v) is 4.04. The number of pyridine rings is 1. The Bertz CT molecular complexity index is 1230. The molecule has 0 saturated carbocycles. The van der Waals surface area contributed by atoms with E-state index in [2.05, 4.69) is 26.1 Å². The van der Waals surface area contributed by atoms with Gasteiger partial charge in [-0.05, 0) is 26.0 Å². The molecule has 4 aromatic rings. The molecule has 0 aliphatic carbocycles. The molecule has 3 heterocycles. The Balaban J connectivity index is 1.39. The maximum Gasteiger partial charge on any atom is 0.291 e. The molecule has 32 heavy (non-hydrogen) atoms. The van der Waals surface area contributed by atoms with E-state index in [0.717, 1.165) is 22.6 Å². The molecule has 0 saturated heterocycles. The summed E-state index contributed by atoms with van der Waals surface area (Å²) in [5.41, 5.74) is 7.67. The summed E-state index contributed by atoms with van der Waals surface area (Å²) in [4.78, 5) is 29.3. The normalized spacial score (nSPS) is 10.7. The summed E-state index contributed by atoms with van der Waals surface area (Å²) in [6.45, 7) is 3.70. The third kappa shape index (κ3) is 4.70. The molecule has 9 nitrogen and oxygen atoms in total. The molecule has 1 aromatic carbocycles. The van der Waals surface area contributed by atoms with Gasteiger partial charge in [0, 0.05) is 29.1 Å². The Kier molecular flexibility index (Phi) is 6.31. The topological polar surface area (TPSA) is 123 Å². The molecule has 0 bridgehead atoms. The fraction of sp³-hybridized carbons (Fsp3) is 0.136. The summed E-state index contributed by atoms with van der Waals surface area (Å²) in [7, 11) is 0. The Hall–Kier alpha value is -3.92. The zero-order valence-electron chi connectivity index (χ0n) is 17.3. The molecule has 0 aliphatic rings. The van der Waals surface area contributed by atoms with Crippen molar-refractivity contribution in [3.05, 3.63) is 83.0 Å². The van der Waals surface area contributed by atoms with Gasteiger partial charge in [-0.25, -0.2) is 4.98 Å². The minimum atomic E-state index is -0.599. The lowest BCUT2D eigenvalue weighted by molar-refractivity contribution is 0.0839. The van der Waals surface area contributed by atoms with E-state index in [1.807, 2.05) is 44.2 Å². The molecule has 0 atom stereocenters. The molecule has 0 radical (unpaired) electrons. The minimum absolute atomic E-state index is 0.0448. The van der Waals surface area contributed by atoms with Gasteiger partial charge in [0.05, 0.1) is 11.3 Å². The van der Waals surface area contributed by atoms with E-state index in [-0.39, 0.29) is 5.69 Å². The SMILES string of the molecule is Cc1noc(C)c1CSc1ncccc1C(=O)NNC(=O)c1cc(-c2ccccc2)on1. The maximum atomic E-state index is 12.7. The lowest BCUT2D eigenvalue weighted by Crippen LogP contribution is -2.42. The van der Waals surface area contributed by atoms with Gasteiger partial charge in [0.25, 0.3) is 11.8 Å². The molecule has 2 N–H and O–H groups in total. The van der Waals surface area contributed by atoms with Crippen LogP contribution in [0.25, 0.3) is 11.3 Å². The number of carbonyl (C=O) groups excluding carboxylic acids is 2. The highest BCUT2D eigenvalue weighted by molar-refractivity contribution is 7.98. The van der Waals surface area contributed by atoms with Crippen LogP contribution in [0.4, 0.5) is 0 Å². The fourth-order valence-electron chi connectivity index (χ4n) is 2.89. The van der Waals surface area contributed by atoms with E-state index in [1.165, 1.54) is 17.8 Å².